The van der Waals surface area contributed by atoms with E-state index in [4.69, 9.17) is 0 Å². The predicted molar refractivity (Wildman–Crippen MR) is 82.0 cm³/mol. The Morgan fingerprint density at radius 3 is 2.48 bits per heavy atom. The summed E-state index contributed by atoms with van der Waals surface area (Å²) in [4.78, 5) is 10.4. The highest BCUT2D eigenvalue weighted by Crippen LogP contribution is 2.33. The summed E-state index contributed by atoms with van der Waals surface area (Å²) < 4.78 is 26.1. The van der Waals surface area contributed by atoms with Crippen molar-refractivity contribution in [2.75, 3.05) is 25.5 Å². The Kier molecular flexibility index (Phi) is 6.10. The number of nitro benzene ring substituents is 1. The van der Waals surface area contributed by atoms with Gasteiger partial charge in [-0.05, 0) is 25.0 Å². The summed E-state index contributed by atoms with van der Waals surface area (Å²) in [5.41, 5.74) is -0.165. The van der Waals surface area contributed by atoms with Gasteiger partial charge in [0.05, 0.1) is 4.92 Å². The maximum absolute atomic E-state index is 12.5. The molecule has 0 fully saturated rings. The van der Waals surface area contributed by atoms with Gasteiger partial charge in [0.15, 0.2) is 4.90 Å². The van der Waals surface area contributed by atoms with Crippen LogP contribution >= 0.6 is 0 Å². The standard InChI is InChI=1S/C13H21N3O4S/c1-4-9-14-11-7-6-8-12(13(11)16(17)18)21(19,20)15(3)10-5-2/h6-8,14H,4-5,9-10H2,1-3H3. The van der Waals surface area contributed by atoms with E-state index in [2.05, 4.69) is 5.32 Å². The van der Waals surface area contributed by atoms with Crippen LogP contribution in [0.15, 0.2) is 23.1 Å². The Labute approximate surface area is 125 Å². The number of rotatable bonds is 8. The summed E-state index contributed by atoms with van der Waals surface area (Å²) in [5.74, 6) is 0. The SMILES string of the molecule is CCCNc1cccc(S(=O)(=O)N(C)CCC)c1[N+](=O)[O-]. The van der Waals surface area contributed by atoms with Gasteiger partial charge >= 0.3 is 5.69 Å². The minimum Gasteiger partial charge on any atom is -0.379 e. The largest absolute Gasteiger partial charge is 0.379 e. The zero-order valence-corrected chi connectivity index (χ0v) is 13.3. The van der Waals surface area contributed by atoms with Crippen LogP contribution in [0, 0.1) is 10.1 Å². The lowest BCUT2D eigenvalue weighted by Gasteiger charge is -2.17. The molecular weight excluding hydrogens is 294 g/mol. The highest BCUT2D eigenvalue weighted by Gasteiger charge is 2.31. The van der Waals surface area contributed by atoms with Gasteiger partial charge in [-0.3, -0.25) is 10.1 Å². The van der Waals surface area contributed by atoms with E-state index in [1.807, 2.05) is 13.8 Å². The van der Waals surface area contributed by atoms with Crippen molar-refractivity contribution >= 4 is 21.4 Å². The summed E-state index contributed by atoms with van der Waals surface area (Å²) in [6.45, 7) is 4.62. The summed E-state index contributed by atoms with van der Waals surface area (Å²) in [7, 11) is -2.45. The smallest absolute Gasteiger partial charge is 0.312 e. The zero-order valence-electron chi connectivity index (χ0n) is 12.5. The fourth-order valence-electron chi connectivity index (χ4n) is 1.92. The van der Waals surface area contributed by atoms with Crippen LogP contribution in [0.5, 0.6) is 0 Å². The Hall–Kier alpha value is -1.67. The summed E-state index contributed by atoms with van der Waals surface area (Å²) >= 11 is 0. The first-order valence-corrected chi connectivity index (χ1v) is 8.27. The van der Waals surface area contributed by atoms with Crippen LogP contribution in [-0.4, -0.2) is 37.8 Å². The number of nitro groups is 1. The third-order valence-electron chi connectivity index (χ3n) is 2.97. The van der Waals surface area contributed by atoms with E-state index in [0.717, 1.165) is 10.7 Å². The molecule has 1 N–H and O–H groups in total. The van der Waals surface area contributed by atoms with Gasteiger partial charge in [0.1, 0.15) is 5.69 Å². The molecule has 0 heterocycles. The number of hydrogen-bond donors (Lipinski definition) is 1. The van der Waals surface area contributed by atoms with Crippen LogP contribution in [-0.2, 0) is 10.0 Å². The molecule has 1 rings (SSSR count). The fourth-order valence-corrected chi connectivity index (χ4v) is 3.36. The fraction of sp³-hybridized carbons (Fsp3) is 0.538. The average Bonchev–Trinajstić information content (AvgIpc) is 2.44. The lowest BCUT2D eigenvalue weighted by molar-refractivity contribution is -0.386. The molecule has 118 valence electrons. The number of para-hydroxylation sites is 1. The third kappa shape index (κ3) is 3.92. The van der Waals surface area contributed by atoms with E-state index in [1.54, 1.807) is 0 Å². The number of anilines is 1. The van der Waals surface area contributed by atoms with Gasteiger partial charge in [0.25, 0.3) is 0 Å². The van der Waals surface area contributed by atoms with Gasteiger partial charge in [-0.15, -0.1) is 0 Å². The Morgan fingerprint density at radius 1 is 1.29 bits per heavy atom. The summed E-state index contributed by atoms with van der Waals surface area (Å²) in [6.07, 6.45) is 1.42. The second-order valence-electron chi connectivity index (χ2n) is 4.66. The van der Waals surface area contributed by atoms with Crippen molar-refractivity contribution in [2.24, 2.45) is 0 Å². The molecule has 1 aromatic rings. The van der Waals surface area contributed by atoms with Crippen molar-refractivity contribution in [3.05, 3.63) is 28.3 Å². The highest BCUT2D eigenvalue weighted by atomic mass is 32.2. The molecule has 0 atom stereocenters. The first-order chi connectivity index (χ1) is 9.86. The van der Waals surface area contributed by atoms with Gasteiger partial charge in [-0.25, -0.2) is 12.7 Å². The molecule has 21 heavy (non-hydrogen) atoms. The van der Waals surface area contributed by atoms with E-state index >= 15 is 0 Å². The molecule has 0 unspecified atom stereocenters. The average molecular weight is 315 g/mol. The van der Waals surface area contributed by atoms with Crippen molar-refractivity contribution in [1.29, 1.82) is 0 Å². The van der Waals surface area contributed by atoms with Crippen LogP contribution in [0.4, 0.5) is 11.4 Å². The van der Waals surface area contributed by atoms with Crippen molar-refractivity contribution in [3.8, 4) is 0 Å². The quantitative estimate of drug-likeness (QED) is 0.587. The molecule has 7 nitrogen and oxygen atoms in total. The Balaban J connectivity index is 3.39. The zero-order chi connectivity index (χ0) is 16.0. The van der Waals surface area contributed by atoms with Crippen LogP contribution in [0.2, 0.25) is 0 Å². The predicted octanol–water partition coefficient (Wildman–Crippen LogP) is 2.45. The minimum absolute atomic E-state index is 0.229. The summed E-state index contributed by atoms with van der Waals surface area (Å²) in [5, 5.41) is 14.2. The molecule has 0 aliphatic carbocycles. The van der Waals surface area contributed by atoms with Crippen LogP contribution in [0.3, 0.4) is 0 Å². The second kappa shape index (κ2) is 7.37. The molecule has 0 bridgehead atoms. The Morgan fingerprint density at radius 2 is 1.95 bits per heavy atom. The van der Waals surface area contributed by atoms with Crippen molar-refractivity contribution < 1.29 is 13.3 Å². The molecule has 0 radical (unpaired) electrons. The van der Waals surface area contributed by atoms with Gasteiger partial charge in [0.2, 0.25) is 10.0 Å². The number of nitrogens with zero attached hydrogens (tertiary/aromatic N) is 2. The third-order valence-corrected chi connectivity index (χ3v) is 4.86. The van der Waals surface area contributed by atoms with E-state index in [-0.39, 0.29) is 10.6 Å². The van der Waals surface area contributed by atoms with Gasteiger partial charge in [-0.1, -0.05) is 19.9 Å². The molecule has 8 heteroatoms. The molecule has 0 aliphatic rings. The first kappa shape index (κ1) is 17.4. The van der Waals surface area contributed by atoms with Crippen molar-refractivity contribution in [1.82, 2.24) is 4.31 Å². The molecule has 0 aromatic heterocycles. The molecule has 0 aliphatic heterocycles. The molecule has 0 spiro atoms. The van der Waals surface area contributed by atoms with Crippen molar-refractivity contribution in [2.45, 2.75) is 31.6 Å². The monoisotopic (exact) mass is 315 g/mol. The van der Waals surface area contributed by atoms with Crippen LogP contribution in [0.25, 0.3) is 0 Å². The topological polar surface area (TPSA) is 92.6 Å². The number of hydrogen-bond acceptors (Lipinski definition) is 5. The van der Waals surface area contributed by atoms with Crippen LogP contribution < -0.4 is 5.32 Å². The molecule has 0 saturated heterocycles. The first-order valence-electron chi connectivity index (χ1n) is 6.83. The number of benzene rings is 1. The van der Waals surface area contributed by atoms with Gasteiger partial charge in [0, 0.05) is 20.1 Å². The number of nitrogens with one attached hydrogen (secondary N) is 1. The summed E-state index contributed by atoms with van der Waals surface area (Å²) in [6, 6.07) is 4.31. The molecular formula is C13H21N3O4S. The minimum atomic E-state index is -3.87. The molecule has 0 saturated carbocycles. The van der Waals surface area contributed by atoms with E-state index in [1.165, 1.54) is 25.2 Å². The lowest BCUT2D eigenvalue weighted by Crippen LogP contribution is -2.28. The second-order valence-corrected chi connectivity index (χ2v) is 6.68. The normalized spacial score (nSPS) is 11.6. The van der Waals surface area contributed by atoms with E-state index in [9.17, 15) is 18.5 Å². The van der Waals surface area contributed by atoms with Crippen LogP contribution in [0.1, 0.15) is 26.7 Å². The van der Waals surface area contributed by atoms with E-state index in [0.29, 0.717) is 19.5 Å². The van der Waals surface area contributed by atoms with Crippen molar-refractivity contribution in [3.63, 3.8) is 0 Å². The lowest BCUT2D eigenvalue weighted by atomic mass is 10.2. The highest BCUT2D eigenvalue weighted by molar-refractivity contribution is 7.89. The van der Waals surface area contributed by atoms with E-state index < -0.39 is 20.6 Å². The number of sulfonamides is 1. The maximum Gasteiger partial charge on any atom is 0.312 e. The van der Waals surface area contributed by atoms with Gasteiger partial charge < -0.3 is 5.32 Å². The molecule has 1 aromatic carbocycles. The Bertz CT molecular complexity index is 601. The maximum atomic E-state index is 12.5. The molecule has 0 amide bonds. The van der Waals surface area contributed by atoms with Gasteiger partial charge in [-0.2, -0.15) is 0 Å².